The summed E-state index contributed by atoms with van der Waals surface area (Å²) in [6.45, 7) is 1.67. The molecule has 7 heteroatoms. The van der Waals surface area contributed by atoms with Gasteiger partial charge in [-0.2, -0.15) is 13.2 Å². The van der Waals surface area contributed by atoms with Crippen LogP contribution in [0.4, 0.5) is 13.2 Å². The molecule has 0 spiro atoms. The molecule has 0 aliphatic rings. The number of hydrogen-bond donors (Lipinski definition) is 1. The minimum atomic E-state index is -4.41. The number of carbonyl (C=O) groups excluding carboxylic acids is 1. The fourth-order valence-corrected chi connectivity index (χ4v) is 1.32. The van der Waals surface area contributed by atoms with E-state index < -0.39 is 25.3 Å². The molecule has 1 N–H and O–H groups in total. The van der Waals surface area contributed by atoms with E-state index in [1.54, 1.807) is 0 Å². The van der Waals surface area contributed by atoms with Crippen LogP contribution >= 0.6 is 11.6 Å². The molecule has 0 radical (unpaired) electrons. The number of rotatable bonds is 6. The van der Waals surface area contributed by atoms with Crippen molar-refractivity contribution in [2.45, 2.75) is 26.1 Å². The van der Waals surface area contributed by atoms with Crippen LogP contribution in [0.5, 0.6) is 0 Å². The van der Waals surface area contributed by atoms with Gasteiger partial charge in [-0.25, -0.2) is 0 Å². The molecule has 0 saturated carbocycles. The minimum Gasteiger partial charge on any atom is -0.362 e. The molecule has 0 aromatic rings. The Hall–Kier alpha value is -0.490. The number of alkyl halides is 4. The highest BCUT2D eigenvalue weighted by molar-refractivity contribution is 6.18. The van der Waals surface area contributed by atoms with Gasteiger partial charge in [-0.3, -0.25) is 4.79 Å². The molecule has 1 unspecified atom stereocenters. The van der Waals surface area contributed by atoms with Crippen LogP contribution in [-0.2, 0) is 9.53 Å². The van der Waals surface area contributed by atoms with E-state index in [1.165, 1.54) is 0 Å². The third kappa shape index (κ3) is 7.76. The zero-order valence-corrected chi connectivity index (χ0v) is 9.86. The zero-order valence-electron chi connectivity index (χ0n) is 9.10. The fraction of sp³-hybridized carbons (Fsp3) is 0.889. The predicted molar refractivity (Wildman–Crippen MR) is 54.4 cm³/mol. The molecule has 0 aromatic carbocycles. The van der Waals surface area contributed by atoms with Crippen LogP contribution in [-0.4, -0.2) is 37.2 Å². The molecule has 16 heavy (non-hydrogen) atoms. The van der Waals surface area contributed by atoms with Gasteiger partial charge < -0.3 is 10.1 Å². The topological polar surface area (TPSA) is 38.3 Å². The van der Waals surface area contributed by atoms with Gasteiger partial charge in [0.05, 0.1) is 0 Å². The highest BCUT2D eigenvalue weighted by atomic mass is 35.5. The Bertz CT molecular complexity index is 221. The summed E-state index contributed by atoms with van der Waals surface area (Å²) in [6.07, 6.45) is -4.41. The second-order valence-corrected chi connectivity index (χ2v) is 3.99. The van der Waals surface area contributed by atoms with Crippen LogP contribution in [0.15, 0.2) is 0 Å². The Morgan fingerprint density at radius 3 is 2.38 bits per heavy atom. The molecular formula is C9H15ClF3NO2. The maximum atomic E-state index is 11.7. The molecule has 0 aliphatic carbocycles. The molecule has 0 fully saturated rings. The number of amides is 1. The summed E-state index contributed by atoms with van der Waals surface area (Å²) in [5, 5.41) is 2.49. The zero-order chi connectivity index (χ0) is 12.8. The summed E-state index contributed by atoms with van der Waals surface area (Å²) in [5.41, 5.74) is 0. The first-order valence-electron chi connectivity index (χ1n) is 4.76. The van der Waals surface area contributed by atoms with Crippen LogP contribution in [0.2, 0.25) is 0 Å². The van der Waals surface area contributed by atoms with E-state index in [-0.39, 0.29) is 17.8 Å². The monoisotopic (exact) mass is 261 g/mol. The maximum Gasteiger partial charge on any atom is 0.411 e. The van der Waals surface area contributed by atoms with Gasteiger partial charge >= 0.3 is 6.18 Å². The molecule has 96 valence electrons. The third-order valence-electron chi connectivity index (χ3n) is 1.82. The van der Waals surface area contributed by atoms with Gasteiger partial charge in [-0.05, 0) is 5.92 Å². The van der Waals surface area contributed by atoms with Crippen LogP contribution in [0.1, 0.15) is 13.8 Å². The number of halogens is 4. The van der Waals surface area contributed by atoms with Crippen molar-refractivity contribution >= 4 is 17.5 Å². The summed E-state index contributed by atoms with van der Waals surface area (Å²) >= 11 is 5.58. The van der Waals surface area contributed by atoms with Gasteiger partial charge in [-0.1, -0.05) is 13.8 Å². The third-order valence-corrected chi connectivity index (χ3v) is 2.15. The SMILES string of the molecule is CC(C)C(CCl)NC(=O)COCC(F)(F)F. The number of carbonyl (C=O) groups is 1. The van der Waals surface area contributed by atoms with Crippen molar-refractivity contribution in [1.29, 1.82) is 0 Å². The Balaban J connectivity index is 3.82. The first-order chi connectivity index (χ1) is 7.26. The Labute approximate surface area is 97.3 Å². The summed E-state index contributed by atoms with van der Waals surface area (Å²) < 4.78 is 39.3. The highest BCUT2D eigenvalue weighted by Gasteiger charge is 2.28. The lowest BCUT2D eigenvalue weighted by Gasteiger charge is -2.19. The first-order valence-corrected chi connectivity index (χ1v) is 5.29. The second-order valence-electron chi connectivity index (χ2n) is 3.68. The average molecular weight is 262 g/mol. The van der Waals surface area contributed by atoms with Crippen LogP contribution in [0.3, 0.4) is 0 Å². The predicted octanol–water partition coefficient (Wildman–Crippen LogP) is 1.94. The molecule has 1 atom stereocenters. The largest absolute Gasteiger partial charge is 0.411 e. The van der Waals surface area contributed by atoms with Crippen molar-refractivity contribution in [2.75, 3.05) is 19.1 Å². The van der Waals surface area contributed by atoms with Crippen molar-refractivity contribution < 1.29 is 22.7 Å². The van der Waals surface area contributed by atoms with Gasteiger partial charge in [0.25, 0.3) is 0 Å². The van der Waals surface area contributed by atoms with Crippen molar-refractivity contribution in [3.8, 4) is 0 Å². The molecule has 0 aliphatic heterocycles. The lowest BCUT2D eigenvalue weighted by atomic mass is 10.1. The summed E-state index contributed by atoms with van der Waals surface area (Å²) in [5.74, 6) is -0.268. The lowest BCUT2D eigenvalue weighted by molar-refractivity contribution is -0.175. The van der Waals surface area contributed by atoms with Crippen LogP contribution < -0.4 is 5.32 Å². The fourth-order valence-electron chi connectivity index (χ4n) is 0.891. The summed E-state index contributed by atoms with van der Waals surface area (Å²) in [6, 6.07) is -0.261. The van der Waals surface area contributed by atoms with Gasteiger partial charge in [0.2, 0.25) is 5.91 Å². The Morgan fingerprint density at radius 2 is 2.00 bits per heavy atom. The molecule has 0 saturated heterocycles. The van der Waals surface area contributed by atoms with E-state index in [2.05, 4.69) is 10.1 Å². The van der Waals surface area contributed by atoms with Crippen molar-refractivity contribution in [2.24, 2.45) is 5.92 Å². The molecule has 0 aromatic heterocycles. The highest BCUT2D eigenvalue weighted by Crippen LogP contribution is 2.14. The van der Waals surface area contributed by atoms with Crippen LogP contribution in [0, 0.1) is 5.92 Å². The number of ether oxygens (including phenoxy) is 1. The first kappa shape index (κ1) is 15.5. The van der Waals surface area contributed by atoms with Gasteiger partial charge in [0, 0.05) is 11.9 Å². The van der Waals surface area contributed by atoms with E-state index in [0.29, 0.717) is 0 Å². The Kier molecular flexibility index (Phi) is 6.74. The van der Waals surface area contributed by atoms with Gasteiger partial charge in [0.1, 0.15) is 13.2 Å². The number of nitrogens with one attached hydrogen (secondary N) is 1. The number of hydrogen-bond acceptors (Lipinski definition) is 2. The van der Waals surface area contributed by atoms with Crippen LogP contribution in [0.25, 0.3) is 0 Å². The normalized spacial score (nSPS) is 13.9. The molecule has 1 amide bonds. The average Bonchev–Trinajstić information content (AvgIpc) is 2.11. The summed E-state index contributed by atoms with van der Waals surface area (Å²) in [4.78, 5) is 11.1. The van der Waals surface area contributed by atoms with E-state index in [0.717, 1.165) is 0 Å². The lowest BCUT2D eigenvalue weighted by Crippen LogP contribution is -2.42. The van der Waals surface area contributed by atoms with Crippen molar-refractivity contribution in [1.82, 2.24) is 5.32 Å². The van der Waals surface area contributed by atoms with E-state index in [4.69, 9.17) is 11.6 Å². The van der Waals surface area contributed by atoms with Crippen molar-refractivity contribution in [3.05, 3.63) is 0 Å². The standard InChI is InChI=1S/C9H15ClF3NO2/c1-6(2)7(3-10)14-8(15)4-16-5-9(11,12)13/h6-7H,3-5H2,1-2H3,(H,14,15). The molecule has 0 rings (SSSR count). The quantitative estimate of drug-likeness (QED) is 0.742. The Morgan fingerprint density at radius 1 is 1.44 bits per heavy atom. The molecule has 0 heterocycles. The molecular weight excluding hydrogens is 247 g/mol. The van der Waals surface area contributed by atoms with E-state index in [1.807, 2.05) is 13.8 Å². The second kappa shape index (κ2) is 6.96. The molecule has 0 bridgehead atoms. The van der Waals surface area contributed by atoms with Gasteiger partial charge in [0.15, 0.2) is 0 Å². The maximum absolute atomic E-state index is 11.7. The van der Waals surface area contributed by atoms with E-state index >= 15 is 0 Å². The van der Waals surface area contributed by atoms with E-state index in [9.17, 15) is 18.0 Å². The molecule has 3 nitrogen and oxygen atoms in total. The van der Waals surface area contributed by atoms with Gasteiger partial charge in [-0.15, -0.1) is 11.6 Å². The smallest absolute Gasteiger partial charge is 0.362 e. The minimum absolute atomic E-state index is 0.115. The van der Waals surface area contributed by atoms with Crippen molar-refractivity contribution in [3.63, 3.8) is 0 Å². The summed E-state index contributed by atoms with van der Waals surface area (Å²) in [7, 11) is 0.